The number of rotatable bonds is 8. The largest absolute Gasteiger partial charge is 0.489 e. The SMILES string of the molecule is O=C(c1ccc(OCc2ccccc2)cc1)[C@@H](Nc1ccccc1)c1ccccc1. The Bertz CT molecular complexity index is 1060. The average molecular weight is 393 g/mol. The molecule has 0 saturated carbocycles. The van der Waals surface area contributed by atoms with Crippen LogP contribution in [0.3, 0.4) is 0 Å². The molecule has 4 rings (SSSR count). The van der Waals surface area contributed by atoms with E-state index in [0.717, 1.165) is 22.6 Å². The molecule has 0 heterocycles. The lowest BCUT2D eigenvalue weighted by Gasteiger charge is -2.19. The maximum absolute atomic E-state index is 13.3. The minimum atomic E-state index is -0.468. The molecule has 148 valence electrons. The van der Waals surface area contributed by atoms with Crippen molar-refractivity contribution in [2.75, 3.05) is 5.32 Å². The molecule has 0 bridgehead atoms. The fourth-order valence-corrected chi connectivity index (χ4v) is 3.27. The highest BCUT2D eigenvalue weighted by molar-refractivity contribution is 6.02. The van der Waals surface area contributed by atoms with Crippen LogP contribution in [0.1, 0.15) is 27.5 Å². The average Bonchev–Trinajstić information content (AvgIpc) is 2.83. The minimum Gasteiger partial charge on any atom is -0.489 e. The molecule has 0 saturated heterocycles. The number of nitrogens with one attached hydrogen (secondary N) is 1. The van der Waals surface area contributed by atoms with Gasteiger partial charge in [-0.05, 0) is 47.5 Å². The number of ketones is 1. The van der Waals surface area contributed by atoms with Crippen LogP contribution in [0.5, 0.6) is 5.75 Å². The Kier molecular flexibility index (Phi) is 6.21. The molecule has 4 aromatic rings. The molecule has 0 amide bonds. The van der Waals surface area contributed by atoms with Crippen molar-refractivity contribution in [1.82, 2.24) is 0 Å². The summed E-state index contributed by atoms with van der Waals surface area (Å²) in [5.41, 5.74) is 3.58. The Morgan fingerprint density at radius 2 is 1.27 bits per heavy atom. The van der Waals surface area contributed by atoms with Gasteiger partial charge >= 0.3 is 0 Å². The van der Waals surface area contributed by atoms with Crippen LogP contribution in [-0.4, -0.2) is 5.78 Å². The first-order valence-corrected chi connectivity index (χ1v) is 9.97. The summed E-state index contributed by atoms with van der Waals surface area (Å²) < 4.78 is 5.84. The van der Waals surface area contributed by atoms with Gasteiger partial charge in [-0.15, -0.1) is 0 Å². The normalized spacial score (nSPS) is 11.5. The highest BCUT2D eigenvalue weighted by atomic mass is 16.5. The molecule has 0 aliphatic carbocycles. The molecule has 1 N–H and O–H groups in total. The van der Waals surface area contributed by atoms with E-state index in [0.29, 0.717) is 12.2 Å². The van der Waals surface area contributed by atoms with Gasteiger partial charge in [0, 0.05) is 11.3 Å². The first kappa shape index (κ1) is 19.5. The summed E-state index contributed by atoms with van der Waals surface area (Å²) in [6.07, 6.45) is 0. The molecule has 3 heteroatoms. The van der Waals surface area contributed by atoms with Crippen molar-refractivity contribution in [3.05, 3.63) is 132 Å². The van der Waals surface area contributed by atoms with Gasteiger partial charge in [-0.2, -0.15) is 0 Å². The van der Waals surface area contributed by atoms with E-state index < -0.39 is 6.04 Å². The summed E-state index contributed by atoms with van der Waals surface area (Å²) in [5, 5.41) is 3.37. The number of hydrogen-bond donors (Lipinski definition) is 1. The summed E-state index contributed by atoms with van der Waals surface area (Å²) >= 11 is 0. The molecule has 0 radical (unpaired) electrons. The first-order valence-electron chi connectivity index (χ1n) is 9.97. The van der Waals surface area contributed by atoms with Crippen LogP contribution in [0.4, 0.5) is 5.69 Å². The molecular formula is C27H23NO2. The number of hydrogen-bond acceptors (Lipinski definition) is 3. The van der Waals surface area contributed by atoms with Gasteiger partial charge in [0.2, 0.25) is 0 Å². The van der Waals surface area contributed by atoms with Crippen LogP contribution in [0, 0.1) is 0 Å². The zero-order valence-electron chi connectivity index (χ0n) is 16.6. The Morgan fingerprint density at radius 1 is 0.700 bits per heavy atom. The predicted molar refractivity (Wildman–Crippen MR) is 121 cm³/mol. The monoisotopic (exact) mass is 393 g/mol. The Morgan fingerprint density at radius 3 is 1.90 bits per heavy atom. The van der Waals surface area contributed by atoms with Crippen molar-refractivity contribution in [3.8, 4) is 5.75 Å². The number of carbonyl (C=O) groups excluding carboxylic acids is 1. The van der Waals surface area contributed by atoms with Crippen LogP contribution in [0.15, 0.2) is 115 Å². The van der Waals surface area contributed by atoms with Crippen molar-refractivity contribution >= 4 is 11.5 Å². The molecular weight excluding hydrogens is 370 g/mol. The van der Waals surface area contributed by atoms with E-state index in [2.05, 4.69) is 5.32 Å². The molecule has 0 aliphatic rings. The van der Waals surface area contributed by atoms with Gasteiger partial charge in [0.25, 0.3) is 0 Å². The lowest BCUT2D eigenvalue weighted by Crippen LogP contribution is -2.21. The number of benzene rings is 4. The molecule has 0 fully saturated rings. The van der Waals surface area contributed by atoms with Crippen molar-refractivity contribution in [2.45, 2.75) is 12.6 Å². The number of para-hydroxylation sites is 1. The first-order chi connectivity index (χ1) is 14.8. The maximum atomic E-state index is 13.3. The van der Waals surface area contributed by atoms with Crippen LogP contribution in [-0.2, 0) is 6.61 Å². The van der Waals surface area contributed by atoms with Gasteiger partial charge < -0.3 is 10.1 Å². The smallest absolute Gasteiger partial charge is 0.189 e. The van der Waals surface area contributed by atoms with Crippen LogP contribution < -0.4 is 10.1 Å². The van der Waals surface area contributed by atoms with Gasteiger partial charge in [0.1, 0.15) is 18.4 Å². The van der Waals surface area contributed by atoms with Crippen molar-refractivity contribution < 1.29 is 9.53 Å². The number of anilines is 1. The zero-order chi connectivity index (χ0) is 20.6. The van der Waals surface area contributed by atoms with E-state index in [4.69, 9.17) is 4.74 Å². The molecule has 0 aliphatic heterocycles. The summed E-state index contributed by atoms with van der Waals surface area (Å²) in [7, 11) is 0. The van der Waals surface area contributed by atoms with Crippen LogP contribution in [0.25, 0.3) is 0 Å². The van der Waals surface area contributed by atoms with E-state index in [1.54, 1.807) is 0 Å². The highest BCUT2D eigenvalue weighted by Crippen LogP contribution is 2.25. The van der Waals surface area contributed by atoms with E-state index in [1.807, 2.05) is 115 Å². The third-order valence-electron chi connectivity index (χ3n) is 4.87. The van der Waals surface area contributed by atoms with E-state index in [1.165, 1.54) is 0 Å². The fourth-order valence-electron chi connectivity index (χ4n) is 3.27. The predicted octanol–water partition coefficient (Wildman–Crippen LogP) is 6.30. The lowest BCUT2D eigenvalue weighted by atomic mass is 9.97. The summed E-state index contributed by atoms with van der Waals surface area (Å²) in [6, 6.07) is 36.5. The number of Topliss-reactive ketones (excluding diaryl/α,β-unsaturated/α-hetero) is 1. The van der Waals surface area contributed by atoms with Gasteiger partial charge in [-0.25, -0.2) is 0 Å². The van der Waals surface area contributed by atoms with Crippen molar-refractivity contribution in [3.63, 3.8) is 0 Å². The van der Waals surface area contributed by atoms with Crippen LogP contribution >= 0.6 is 0 Å². The van der Waals surface area contributed by atoms with E-state index in [9.17, 15) is 4.79 Å². The van der Waals surface area contributed by atoms with E-state index >= 15 is 0 Å². The third-order valence-corrected chi connectivity index (χ3v) is 4.87. The number of ether oxygens (including phenoxy) is 1. The Labute approximate surface area is 177 Å². The molecule has 0 aromatic heterocycles. The van der Waals surface area contributed by atoms with Gasteiger partial charge in [-0.3, -0.25) is 4.79 Å². The molecule has 0 unspecified atom stereocenters. The Hall–Kier alpha value is -3.85. The van der Waals surface area contributed by atoms with E-state index in [-0.39, 0.29) is 5.78 Å². The van der Waals surface area contributed by atoms with Gasteiger partial charge in [0.15, 0.2) is 5.78 Å². The van der Waals surface area contributed by atoms with Gasteiger partial charge in [0.05, 0.1) is 0 Å². The maximum Gasteiger partial charge on any atom is 0.189 e. The Balaban J connectivity index is 1.51. The van der Waals surface area contributed by atoms with Crippen LogP contribution in [0.2, 0.25) is 0 Å². The van der Waals surface area contributed by atoms with Crippen molar-refractivity contribution in [2.24, 2.45) is 0 Å². The van der Waals surface area contributed by atoms with Crippen molar-refractivity contribution in [1.29, 1.82) is 0 Å². The highest BCUT2D eigenvalue weighted by Gasteiger charge is 2.22. The molecule has 30 heavy (non-hydrogen) atoms. The standard InChI is InChI=1S/C27H23NO2/c29-27(23-16-18-25(19-17-23)30-20-21-10-4-1-5-11-21)26(22-12-6-2-7-13-22)28-24-14-8-3-9-15-24/h1-19,26,28H,20H2/t26-/m0/s1. The second-order valence-electron chi connectivity index (χ2n) is 7.02. The summed E-state index contributed by atoms with van der Waals surface area (Å²) in [6.45, 7) is 0.496. The third kappa shape index (κ3) is 4.95. The number of carbonyl (C=O) groups is 1. The minimum absolute atomic E-state index is 0.0136. The molecule has 3 nitrogen and oxygen atoms in total. The molecule has 1 atom stereocenters. The topological polar surface area (TPSA) is 38.3 Å². The quantitative estimate of drug-likeness (QED) is 0.357. The zero-order valence-corrected chi connectivity index (χ0v) is 16.6. The van der Waals surface area contributed by atoms with Gasteiger partial charge in [-0.1, -0.05) is 78.9 Å². The molecule has 0 spiro atoms. The lowest BCUT2D eigenvalue weighted by molar-refractivity contribution is 0.0969. The summed E-state index contributed by atoms with van der Waals surface area (Å²) in [4.78, 5) is 13.3. The second-order valence-corrected chi connectivity index (χ2v) is 7.02. The fraction of sp³-hybridized carbons (Fsp3) is 0.0741. The molecule has 4 aromatic carbocycles. The second kappa shape index (κ2) is 9.57. The summed E-state index contributed by atoms with van der Waals surface area (Å²) in [5.74, 6) is 0.752.